The average Bonchev–Trinajstić information content (AvgIpc) is 2.62. The fraction of sp³-hybridized carbons (Fsp3) is 0.870. The summed E-state index contributed by atoms with van der Waals surface area (Å²) in [6.45, 7) is 6.32. The maximum atomic E-state index is 11.8. The van der Waals surface area contributed by atoms with Gasteiger partial charge in [-0.1, -0.05) is 84.3 Å². The van der Waals surface area contributed by atoms with Gasteiger partial charge in [-0.2, -0.15) is 0 Å². The second-order valence-corrected chi connectivity index (χ2v) is 7.93. The van der Waals surface area contributed by atoms with Crippen LogP contribution in [-0.2, 0) is 4.79 Å². The first-order valence-corrected chi connectivity index (χ1v) is 11.2. The van der Waals surface area contributed by atoms with Gasteiger partial charge in [0.1, 0.15) is 0 Å². The minimum absolute atomic E-state index is 0.0236. The van der Waals surface area contributed by atoms with Crippen molar-refractivity contribution in [3.63, 3.8) is 0 Å². The van der Waals surface area contributed by atoms with Crippen LogP contribution in [0.15, 0.2) is 12.2 Å². The summed E-state index contributed by atoms with van der Waals surface area (Å²) < 4.78 is 0. The molecule has 0 heterocycles. The summed E-state index contributed by atoms with van der Waals surface area (Å²) in [5.41, 5.74) is 0. The molecule has 0 fully saturated rings. The molecule has 1 atom stereocenters. The van der Waals surface area contributed by atoms with Gasteiger partial charge in [0.25, 0.3) is 0 Å². The number of hydrogen-bond donors (Lipinski definition) is 2. The number of aliphatic hydroxyl groups is 1. The van der Waals surface area contributed by atoms with Crippen molar-refractivity contribution in [2.45, 2.75) is 117 Å². The summed E-state index contributed by atoms with van der Waals surface area (Å²) in [6.07, 6.45) is 21.8. The molecule has 0 aliphatic carbocycles. The van der Waals surface area contributed by atoms with Gasteiger partial charge in [-0.15, -0.1) is 0 Å². The second kappa shape index (κ2) is 18.9. The van der Waals surface area contributed by atoms with E-state index < -0.39 is 0 Å². The molecule has 1 amide bonds. The fourth-order valence-corrected chi connectivity index (χ4v) is 3.06. The summed E-state index contributed by atoms with van der Waals surface area (Å²) in [4.78, 5) is 11.8. The highest BCUT2D eigenvalue weighted by atomic mass is 16.3. The molecular formula is C23H45NO2. The number of carbonyl (C=O) groups is 1. The van der Waals surface area contributed by atoms with Gasteiger partial charge in [0, 0.05) is 6.42 Å². The molecule has 0 unspecified atom stereocenters. The molecule has 3 heteroatoms. The topological polar surface area (TPSA) is 49.3 Å². The van der Waals surface area contributed by atoms with Crippen molar-refractivity contribution in [1.29, 1.82) is 0 Å². The van der Waals surface area contributed by atoms with Crippen LogP contribution in [0.1, 0.15) is 111 Å². The van der Waals surface area contributed by atoms with Crippen molar-refractivity contribution in [3.8, 4) is 0 Å². The molecule has 0 aromatic carbocycles. The first-order valence-electron chi connectivity index (χ1n) is 11.2. The van der Waals surface area contributed by atoms with Crippen LogP contribution in [0.4, 0.5) is 0 Å². The Balaban J connectivity index is 3.35. The van der Waals surface area contributed by atoms with Crippen molar-refractivity contribution in [2.24, 2.45) is 5.92 Å². The molecule has 0 aromatic rings. The molecule has 0 bridgehead atoms. The Bertz CT molecular complexity index is 339. The third kappa shape index (κ3) is 16.6. The highest BCUT2D eigenvalue weighted by molar-refractivity contribution is 5.76. The lowest BCUT2D eigenvalue weighted by Gasteiger charge is -2.19. The van der Waals surface area contributed by atoms with Crippen LogP contribution >= 0.6 is 0 Å². The van der Waals surface area contributed by atoms with E-state index >= 15 is 0 Å². The Morgan fingerprint density at radius 3 is 1.85 bits per heavy atom. The molecule has 26 heavy (non-hydrogen) atoms. The summed E-state index contributed by atoms with van der Waals surface area (Å²) in [5.74, 6) is 0.355. The predicted molar refractivity (Wildman–Crippen MR) is 113 cm³/mol. The summed E-state index contributed by atoms with van der Waals surface area (Å²) in [6, 6.07) is -0.106. The molecular weight excluding hydrogens is 322 g/mol. The lowest BCUT2D eigenvalue weighted by atomic mass is 10.0. The Morgan fingerprint density at radius 1 is 0.846 bits per heavy atom. The van der Waals surface area contributed by atoms with E-state index in [4.69, 9.17) is 0 Å². The van der Waals surface area contributed by atoms with Gasteiger partial charge in [-0.3, -0.25) is 4.79 Å². The zero-order valence-corrected chi connectivity index (χ0v) is 17.8. The average molecular weight is 368 g/mol. The lowest BCUT2D eigenvalue weighted by molar-refractivity contribution is -0.122. The smallest absolute Gasteiger partial charge is 0.220 e. The SMILES string of the molecule is CCCCCCCCC=CCCCCCCCC(=O)N[C@H](CO)C(C)C. The Morgan fingerprint density at radius 2 is 1.35 bits per heavy atom. The number of aliphatic hydroxyl groups excluding tert-OH is 1. The van der Waals surface area contributed by atoms with Gasteiger partial charge in [-0.05, 0) is 38.0 Å². The highest BCUT2D eigenvalue weighted by Gasteiger charge is 2.14. The summed E-state index contributed by atoms with van der Waals surface area (Å²) in [7, 11) is 0. The van der Waals surface area contributed by atoms with Gasteiger partial charge < -0.3 is 10.4 Å². The van der Waals surface area contributed by atoms with E-state index in [0.717, 1.165) is 12.8 Å². The van der Waals surface area contributed by atoms with E-state index in [-0.39, 0.29) is 24.5 Å². The number of amides is 1. The number of rotatable bonds is 18. The van der Waals surface area contributed by atoms with E-state index in [1.807, 2.05) is 13.8 Å². The monoisotopic (exact) mass is 367 g/mol. The number of nitrogens with one attached hydrogen (secondary N) is 1. The van der Waals surface area contributed by atoms with E-state index in [1.165, 1.54) is 70.6 Å². The van der Waals surface area contributed by atoms with Gasteiger partial charge in [0.05, 0.1) is 12.6 Å². The van der Waals surface area contributed by atoms with Crippen LogP contribution in [0.2, 0.25) is 0 Å². The van der Waals surface area contributed by atoms with Crippen molar-refractivity contribution >= 4 is 5.91 Å². The van der Waals surface area contributed by atoms with E-state index in [0.29, 0.717) is 6.42 Å². The summed E-state index contributed by atoms with van der Waals surface area (Å²) in [5, 5.41) is 12.1. The van der Waals surface area contributed by atoms with Gasteiger partial charge in [0.2, 0.25) is 5.91 Å². The van der Waals surface area contributed by atoms with Gasteiger partial charge in [-0.25, -0.2) is 0 Å². The normalized spacial score (nSPS) is 12.8. The minimum Gasteiger partial charge on any atom is -0.394 e. The van der Waals surface area contributed by atoms with Crippen molar-refractivity contribution < 1.29 is 9.90 Å². The van der Waals surface area contributed by atoms with Crippen molar-refractivity contribution in [3.05, 3.63) is 12.2 Å². The Kier molecular flexibility index (Phi) is 18.3. The number of hydrogen-bond acceptors (Lipinski definition) is 2. The minimum atomic E-state index is -0.106. The van der Waals surface area contributed by atoms with Crippen molar-refractivity contribution in [2.75, 3.05) is 6.61 Å². The molecule has 2 N–H and O–H groups in total. The molecule has 154 valence electrons. The Hall–Kier alpha value is -0.830. The molecule has 0 aromatic heterocycles. The molecule has 3 nitrogen and oxygen atoms in total. The standard InChI is InChI=1S/C23H45NO2/c1-4-5-6-7-8-9-10-11-12-13-14-15-16-17-18-19-23(26)24-22(20-25)21(2)3/h11-12,21-22,25H,4-10,13-20H2,1-3H3,(H,24,26)/t22-/m1/s1. The van der Waals surface area contributed by atoms with Gasteiger partial charge in [0.15, 0.2) is 0 Å². The number of carbonyl (C=O) groups excluding carboxylic acids is 1. The Labute approximate surface area is 163 Å². The lowest BCUT2D eigenvalue weighted by Crippen LogP contribution is -2.41. The zero-order valence-electron chi connectivity index (χ0n) is 17.8. The molecule has 0 spiro atoms. The number of unbranched alkanes of at least 4 members (excludes halogenated alkanes) is 11. The van der Waals surface area contributed by atoms with Crippen LogP contribution in [-0.4, -0.2) is 23.7 Å². The second-order valence-electron chi connectivity index (χ2n) is 7.93. The quantitative estimate of drug-likeness (QED) is 0.225. The third-order valence-corrected chi connectivity index (χ3v) is 5.01. The largest absolute Gasteiger partial charge is 0.394 e. The highest BCUT2D eigenvalue weighted by Crippen LogP contribution is 2.10. The van der Waals surface area contributed by atoms with Crippen LogP contribution in [0.5, 0.6) is 0 Å². The predicted octanol–water partition coefficient (Wildman–Crippen LogP) is 6.16. The van der Waals surface area contributed by atoms with E-state index in [2.05, 4.69) is 24.4 Å². The van der Waals surface area contributed by atoms with Crippen LogP contribution in [0.25, 0.3) is 0 Å². The molecule has 0 rings (SSSR count). The van der Waals surface area contributed by atoms with Gasteiger partial charge >= 0.3 is 0 Å². The first-order chi connectivity index (χ1) is 12.6. The molecule has 0 aliphatic rings. The van der Waals surface area contributed by atoms with E-state index in [9.17, 15) is 9.90 Å². The van der Waals surface area contributed by atoms with Crippen LogP contribution in [0, 0.1) is 5.92 Å². The van der Waals surface area contributed by atoms with Crippen LogP contribution < -0.4 is 5.32 Å². The van der Waals surface area contributed by atoms with Crippen LogP contribution in [0.3, 0.4) is 0 Å². The summed E-state index contributed by atoms with van der Waals surface area (Å²) >= 11 is 0. The van der Waals surface area contributed by atoms with Crippen molar-refractivity contribution in [1.82, 2.24) is 5.32 Å². The number of allylic oxidation sites excluding steroid dienone is 2. The molecule has 0 saturated heterocycles. The molecule has 0 radical (unpaired) electrons. The fourth-order valence-electron chi connectivity index (χ4n) is 3.06. The maximum Gasteiger partial charge on any atom is 0.220 e. The molecule has 0 saturated carbocycles. The third-order valence-electron chi connectivity index (χ3n) is 5.01. The first kappa shape index (κ1) is 25.2. The molecule has 0 aliphatic heterocycles. The van der Waals surface area contributed by atoms with E-state index in [1.54, 1.807) is 0 Å². The maximum absolute atomic E-state index is 11.8. The zero-order chi connectivity index (χ0) is 19.5.